The van der Waals surface area contributed by atoms with Crippen LogP contribution >= 0.6 is 11.8 Å². The summed E-state index contributed by atoms with van der Waals surface area (Å²) in [5.41, 5.74) is -0.359. The summed E-state index contributed by atoms with van der Waals surface area (Å²) in [5, 5.41) is 2.03. The first-order valence-electron chi connectivity index (χ1n) is 7.20. The molecule has 1 aromatic carbocycles. The number of ether oxygens (including phenoxy) is 1. The molecule has 0 unspecified atom stereocenters. The Morgan fingerprint density at radius 2 is 1.92 bits per heavy atom. The topological polar surface area (TPSA) is 92.8 Å². The van der Waals surface area contributed by atoms with Gasteiger partial charge in [0.2, 0.25) is 5.91 Å². The van der Waals surface area contributed by atoms with Crippen molar-refractivity contribution in [2.45, 2.75) is 13.0 Å². The first-order valence-corrected chi connectivity index (χ1v) is 8.18. The third-order valence-electron chi connectivity index (χ3n) is 3.23. The molecule has 1 fully saturated rings. The van der Waals surface area contributed by atoms with Crippen molar-refractivity contribution < 1.29 is 32.7 Å². The van der Waals surface area contributed by atoms with E-state index in [1.807, 2.05) is 0 Å². The normalized spacial score (nSPS) is 15.2. The van der Waals surface area contributed by atoms with Crippen LogP contribution in [0.25, 0.3) is 0 Å². The molecule has 0 radical (unpaired) electrons. The zero-order valence-electron chi connectivity index (χ0n) is 13.1. The molecule has 7 nitrogen and oxygen atoms in total. The smallest absolute Gasteiger partial charge is 0.339 e. The van der Waals surface area contributed by atoms with Crippen molar-refractivity contribution in [2.24, 2.45) is 0 Å². The van der Waals surface area contributed by atoms with Crippen molar-refractivity contribution in [3.63, 3.8) is 0 Å². The summed E-state index contributed by atoms with van der Waals surface area (Å²) in [6.07, 6.45) is -1.22. The summed E-state index contributed by atoms with van der Waals surface area (Å²) in [5.74, 6) is -3.87. The molecule has 0 aromatic heterocycles. The van der Waals surface area contributed by atoms with Crippen LogP contribution in [0, 0.1) is 11.6 Å². The largest absolute Gasteiger partial charge is 0.449 e. The summed E-state index contributed by atoms with van der Waals surface area (Å²) in [4.78, 5) is 47.4. The number of hydrogen-bond acceptors (Lipinski definition) is 6. The van der Waals surface area contributed by atoms with E-state index in [-0.39, 0.29) is 35.6 Å². The SMILES string of the molecule is C[C@@H](OC(=O)c1cc(F)cc(F)c1)C(=O)NCCN1C(=O)CSC1=O. The predicted octanol–water partition coefficient (Wildman–Crippen LogP) is 1.32. The van der Waals surface area contributed by atoms with Gasteiger partial charge in [-0.3, -0.25) is 19.3 Å². The molecular formula is C15H14F2N2O5S. The van der Waals surface area contributed by atoms with Crippen molar-refractivity contribution in [3.05, 3.63) is 35.4 Å². The standard InChI is InChI=1S/C15H14F2N2O5S/c1-8(24-14(22)9-4-10(16)6-11(17)5-9)13(21)18-2-3-19-12(20)7-25-15(19)23/h4-6,8H,2-3,7H2,1H3,(H,18,21)/t8-/m1/s1. The van der Waals surface area contributed by atoms with Crippen molar-refractivity contribution in [3.8, 4) is 0 Å². The number of rotatable bonds is 6. The van der Waals surface area contributed by atoms with Gasteiger partial charge in [-0.15, -0.1) is 0 Å². The molecule has 1 aromatic rings. The Kier molecular flexibility index (Phi) is 6.07. The Bertz CT molecular complexity index is 692. The van der Waals surface area contributed by atoms with E-state index >= 15 is 0 Å². The van der Waals surface area contributed by atoms with Gasteiger partial charge < -0.3 is 10.1 Å². The lowest BCUT2D eigenvalue weighted by molar-refractivity contribution is -0.130. The molecule has 1 atom stereocenters. The van der Waals surface area contributed by atoms with Crippen LogP contribution in [0.4, 0.5) is 13.6 Å². The molecule has 1 saturated heterocycles. The Labute approximate surface area is 145 Å². The van der Waals surface area contributed by atoms with E-state index in [0.29, 0.717) is 6.07 Å². The molecule has 1 N–H and O–H groups in total. The molecule has 0 aliphatic carbocycles. The maximum Gasteiger partial charge on any atom is 0.339 e. The quantitative estimate of drug-likeness (QED) is 0.757. The van der Waals surface area contributed by atoms with Crippen LogP contribution in [0.2, 0.25) is 0 Å². The summed E-state index contributed by atoms with van der Waals surface area (Å²) in [7, 11) is 0. The minimum atomic E-state index is -1.22. The number of nitrogens with zero attached hydrogens (tertiary/aromatic N) is 1. The molecule has 10 heteroatoms. The van der Waals surface area contributed by atoms with Gasteiger partial charge in [-0.05, 0) is 19.1 Å². The first-order chi connectivity index (χ1) is 11.8. The molecule has 1 heterocycles. The van der Waals surface area contributed by atoms with Crippen LogP contribution in [-0.4, -0.2) is 52.9 Å². The van der Waals surface area contributed by atoms with Gasteiger partial charge in [-0.2, -0.15) is 0 Å². The number of imide groups is 1. The van der Waals surface area contributed by atoms with Gasteiger partial charge in [-0.1, -0.05) is 11.8 Å². The maximum absolute atomic E-state index is 13.1. The summed E-state index contributed by atoms with van der Waals surface area (Å²) >= 11 is 0.881. The highest BCUT2D eigenvalue weighted by Gasteiger charge is 2.29. The van der Waals surface area contributed by atoms with Gasteiger partial charge in [0, 0.05) is 19.2 Å². The third kappa shape index (κ3) is 4.99. The number of amides is 3. The van der Waals surface area contributed by atoms with E-state index in [0.717, 1.165) is 28.8 Å². The monoisotopic (exact) mass is 372 g/mol. The fourth-order valence-corrected chi connectivity index (χ4v) is 2.74. The molecule has 25 heavy (non-hydrogen) atoms. The second kappa shape index (κ2) is 8.06. The van der Waals surface area contributed by atoms with E-state index in [2.05, 4.69) is 5.32 Å². The van der Waals surface area contributed by atoms with E-state index in [9.17, 15) is 28.0 Å². The lowest BCUT2D eigenvalue weighted by atomic mass is 10.2. The van der Waals surface area contributed by atoms with Crippen molar-refractivity contribution in [1.29, 1.82) is 0 Å². The Morgan fingerprint density at radius 3 is 2.48 bits per heavy atom. The van der Waals surface area contributed by atoms with Crippen LogP contribution in [0.1, 0.15) is 17.3 Å². The molecule has 2 rings (SSSR count). The summed E-state index contributed by atoms with van der Waals surface area (Å²) in [6, 6.07) is 2.18. The number of hydrogen-bond donors (Lipinski definition) is 1. The minimum Gasteiger partial charge on any atom is -0.449 e. The zero-order chi connectivity index (χ0) is 18.6. The molecule has 0 bridgehead atoms. The van der Waals surface area contributed by atoms with Gasteiger partial charge in [0.1, 0.15) is 11.6 Å². The summed E-state index contributed by atoms with van der Waals surface area (Å²) in [6.45, 7) is 1.28. The van der Waals surface area contributed by atoms with Crippen LogP contribution < -0.4 is 5.32 Å². The van der Waals surface area contributed by atoms with Gasteiger partial charge in [-0.25, -0.2) is 13.6 Å². The van der Waals surface area contributed by atoms with E-state index in [1.54, 1.807) is 0 Å². The molecule has 1 aliphatic heterocycles. The van der Waals surface area contributed by atoms with Crippen LogP contribution in [0.3, 0.4) is 0 Å². The number of benzene rings is 1. The summed E-state index contributed by atoms with van der Waals surface area (Å²) < 4.78 is 31.0. The fraction of sp³-hybridized carbons (Fsp3) is 0.333. The number of halogens is 2. The van der Waals surface area contributed by atoms with Crippen molar-refractivity contribution in [2.75, 3.05) is 18.8 Å². The zero-order valence-corrected chi connectivity index (χ0v) is 13.9. The maximum atomic E-state index is 13.1. The number of esters is 1. The fourth-order valence-electron chi connectivity index (χ4n) is 1.99. The van der Waals surface area contributed by atoms with Crippen LogP contribution in [0.5, 0.6) is 0 Å². The number of thioether (sulfide) groups is 1. The highest BCUT2D eigenvalue weighted by molar-refractivity contribution is 8.14. The molecule has 134 valence electrons. The Balaban J connectivity index is 1.82. The highest BCUT2D eigenvalue weighted by Crippen LogP contribution is 2.17. The Morgan fingerprint density at radius 1 is 1.28 bits per heavy atom. The van der Waals surface area contributed by atoms with E-state index in [1.165, 1.54) is 6.92 Å². The minimum absolute atomic E-state index is 0.00613. The van der Waals surface area contributed by atoms with E-state index in [4.69, 9.17) is 4.74 Å². The highest BCUT2D eigenvalue weighted by atomic mass is 32.2. The van der Waals surface area contributed by atoms with Gasteiger partial charge >= 0.3 is 5.97 Å². The number of carbonyl (C=O) groups excluding carboxylic acids is 4. The molecule has 0 spiro atoms. The first kappa shape index (κ1) is 18.8. The lowest BCUT2D eigenvalue weighted by Gasteiger charge is -2.16. The second-order valence-corrected chi connectivity index (χ2v) is 6.02. The second-order valence-electron chi connectivity index (χ2n) is 5.10. The van der Waals surface area contributed by atoms with Gasteiger partial charge in [0.15, 0.2) is 6.10 Å². The third-order valence-corrected chi connectivity index (χ3v) is 4.09. The average Bonchev–Trinajstić information content (AvgIpc) is 2.85. The lowest BCUT2D eigenvalue weighted by Crippen LogP contribution is -2.41. The predicted molar refractivity (Wildman–Crippen MR) is 83.8 cm³/mol. The number of nitrogens with one attached hydrogen (secondary N) is 1. The van der Waals surface area contributed by atoms with Crippen molar-refractivity contribution >= 4 is 34.8 Å². The van der Waals surface area contributed by atoms with Gasteiger partial charge in [0.25, 0.3) is 11.1 Å². The number of carbonyl (C=O) groups is 4. The van der Waals surface area contributed by atoms with Crippen LogP contribution in [0.15, 0.2) is 18.2 Å². The molecule has 1 aliphatic rings. The van der Waals surface area contributed by atoms with Crippen LogP contribution in [-0.2, 0) is 14.3 Å². The van der Waals surface area contributed by atoms with Crippen molar-refractivity contribution in [1.82, 2.24) is 10.2 Å². The molecule has 0 saturated carbocycles. The Hall–Kier alpha value is -2.49. The van der Waals surface area contributed by atoms with E-state index < -0.39 is 29.6 Å². The average molecular weight is 372 g/mol. The molecule has 3 amide bonds. The van der Waals surface area contributed by atoms with Gasteiger partial charge in [0.05, 0.1) is 11.3 Å². The molecular weight excluding hydrogens is 358 g/mol.